The number of anilines is 2. The summed E-state index contributed by atoms with van der Waals surface area (Å²) in [5.41, 5.74) is 4.70. The Bertz CT molecular complexity index is 874. The summed E-state index contributed by atoms with van der Waals surface area (Å²) in [7, 11) is 0. The Kier molecular flexibility index (Phi) is 6.47. The molecule has 2 aliphatic heterocycles. The van der Waals surface area contributed by atoms with Crippen LogP contribution in [0.25, 0.3) is 0 Å². The molecule has 2 fully saturated rings. The van der Waals surface area contributed by atoms with E-state index in [9.17, 15) is 4.79 Å². The molecule has 0 unspecified atom stereocenters. The van der Waals surface area contributed by atoms with Gasteiger partial charge in [-0.15, -0.1) is 0 Å². The minimum Gasteiger partial charge on any atom is -0.378 e. The quantitative estimate of drug-likeness (QED) is 0.818. The molecule has 4 rings (SSSR count). The van der Waals surface area contributed by atoms with Crippen molar-refractivity contribution in [3.05, 3.63) is 47.4 Å². The fraction of sp³-hybridized carbons (Fsp3) is 0.522. The van der Waals surface area contributed by atoms with Gasteiger partial charge in [-0.25, -0.2) is 9.97 Å². The first kappa shape index (κ1) is 20.6. The monoisotopic (exact) mass is 409 g/mol. The van der Waals surface area contributed by atoms with Crippen molar-refractivity contribution in [2.45, 2.75) is 33.2 Å². The Balaban J connectivity index is 1.34. The second-order valence-electron chi connectivity index (χ2n) is 8.24. The van der Waals surface area contributed by atoms with Gasteiger partial charge in [-0.3, -0.25) is 4.79 Å². The zero-order valence-corrected chi connectivity index (χ0v) is 17.9. The van der Waals surface area contributed by atoms with Crippen molar-refractivity contribution >= 4 is 17.4 Å². The zero-order chi connectivity index (χ0) is 20.9. The number of morpholine rings is 1. The number of amides is 1. The third-order valence-corrected chi connectivity index (χ3v) is 6.15. The van der Waals surface area contributed by atoms with Gasteiger partial charge in [0.25, 0.3) is 0 Å². The molecule has 0 radical (unpaired) electrons. The van der Waals surface area contributed by atoms with E-state index in [1.165, 1.54) is 16.7 Å². The number of aryl methyl sites for hydroxylation is 2. The summed E-state index contributed by atoms with van der Waals surface area (Å²) < 4.78 is 5.47. The van der Waals surface area contributed by atoms with Crippen molar-refractivity contribution < 1.29 is 9.53 Å². The topological polar surface area (TPSA) is 70.6 Å². The molecular weight excluding hydrogens is 378 g/mol. The summed E-state index contributed by atoms with van der Waals surface area (Å²) in [5, 5.41) is 3.15. The normalized spacial score (nSPS) is 17.8. The third kappa shape index (κ3) is 4.73. The first-order valence-corrected chi connectivity index (χ1v) is 10.8. The van der Waals surface area contributed by atoms with E-state index in [-0.39, 0.29) is 11.8 Å². The first-order valence-electron chi connectivity index (χ1n) is 10.8. The lowest BCUT2D eigenvalue weighted by Crippen LogP contribution is -2.42. The van der Waals surface area contributed by atoms with Crippen molar-refractivity contribution in [1.82, 2.24) is 15.3 Å². The predicted octanol–water partition coefficient (Wildman–Crippen LogP) is 2.46. The van der Waals surface area contributed by atoms with Gasteiger partial charge in [0.15, 0.2) is 5.82 Å². The maximum Gasteiger partial charge on any atom is 0.223 e. The van der Waals surface area contributed by atoms with Crippen LogP contribution in [0.4, 0.5) is 11.5 Å². The number of aromatic nitrogens is 2. The molecule has 1 aromatic carbocycles. The Hall–Kier alpha value is -2.67. The van der Waals surface area contributed by atoms with Gasteiger partial charge in [-0.05, 0) is 37.8 Å². The Morgan fingerprint density at radius 1 is 1.13 bits per heavy atom. The molecule has 0 saturated carbocycles. The highest BCUT2D eigenvalue weighted by atomic mass is 16.5. The standard InChI is InChI=1S/C23H31N5O2/c1-17-3-4-18(2)20(13-17)14-25-23(29)19-5-7-27(8-6-19)21-15-24-16-26-22(21)28-9-11-30-12-10-28/h3-4,13,15-16,19H,5-12,14H2,1-2H3,(H,25,29). The molecule has 7 heteroatoms. The average molecular weight is 410 g/mol. The van der Waals surface area contributed by atoms with Gasteiger partial charge >= 0.3 is 0 Å². The van der Waals surface area contributed by atoms with Crippen molar-refractivity contribution in [2.24, 2.45) is 5.92 Å². The van der Waals surface area contributed by atoms with Gasteiger partial charge in [0.2, 0.25) is 5.91 Å². The van der Waals surface area contributed by atoms with Gasteiger partial charge in [0.05, 0.1) is 25.1 Å². The van der Waals surface area contributed by atoms with E-state index in [0.29, 0.717) is 6.54 Å². The molecule has 2 aliphatic rings. The molecule has 2 aromatic rings. The minimum absolute atomic E-state index is 0.0582. The van der Waals surface area contributed by atoms with E-state index in [4.69, 9.17) is 4.74 Å². The molecule has 7 nitrogen and oxygen atoms in total. The Morgan fingerprint density at radius 2 is 1.90 bits per heavy atom. The molecule has 0 spiro atoms. The number of nitrogens with zero attached hydrogens (tertiary/aromatic N) is 4. The number of hydrogen-bond donors (Lipinski definition) is 1. The summed E-state index contributed by atoms with van der Waals surface area (Å²) >= 11 is 0. The fourth-order valence-electron chi connectivity index (χ4n) is 4.26. The summed E-state index contributed by atoms with van der Waals surface area (Å²) in [6, 6.07) is 6.37. The number of benzene rings is 1. The smallest absolute Gasteiger partial charge is 0.223 e. The molecule has 1 N–H and O–H groups in total. The molecule has 0 bridgehead atoms. The van der Waals surface area contributed by atoms with Crippen molar-refractivity contribution in [2.75, 3.05) is 49.2 Å². The average Bonchev–Trinajstić information content (AvgIpc) is 2.80. The molecule has 160 valence electrons. The number of piperidine rings is 1. The van der Waals surface area contributed by atoms with Gasteiger partial charge in [0, 0.05) is 38.6 Å². The van der Waals surface area contributed by atoms with Crippen LogP contribution in [0.2, 0.25) is 0 Å². The maximum absolute atomic E-state index is 12.7. The highest BCUT2D eigenvalue weighted by Crippen LogP contribution is 2.30. The highest BCUT2D eigenvalue weighted by molar-refractivity contribution is 5.79. The van der Waals surface area contributed by atoms with E-state index in [1.807, 2.05) is 6.20 Å². The number of rotatable bonds is 5. The number of carbonyl (C=O) groups excluding carboxylic acids is 1. The maximum atomic E-state index is 12.7. The second-order valence-corrected chi connectivity index (χ2v) is 8.24. The van der Waals surface area contributed by atoms with E-state index in [1.54, 1.807) is 6.33 Å². The lowest BCUT2D eigenvalue weighted by molar-refractivity contribution is -0.125. The van der Waals surface area contributed by atoms with Crippen LogP contribution in [-0.2, 0) is 16.1 Å². The van der Waals surface area contributed by atoms with Crippen LogP contribution in [0.15, 0.2) is 30.7 Å². The van der Waals surface area contributed by atoms with Crippen molar-refractivity contribution in [3.63, 3.8) is 0 Å². The van der Waals surface area contributed by atoms with E-state index < -0.39 is 0 Å². The van der Waals surface area contributed by atoms with Gasteiger partial charge in [0.1, 0.15) is 6.33 Å². The number of ether oxygens (including phenoxy) is 1. The second kappa shape index (κ2) is 9.43. The molecule has 3 heterocycles. The van der Waals surface area contributed by atoms with Crippen molar-refractivity contribution in [1.29, 1.82) is 0 Å². The third-order valence-electron chi connectivity index (χ3n) is 6.15. The molecular formula is C23H31N5O2. The Labute approximate surface area is 178 Å². The van der Waals surface area contributed by atoms with Crippen molar-refractivity contribution in [3.8, 4) is 0 Å². The minimum atomic E-state index is 0.0582. The highest BCUT2D eigenvalue weighted by Gasteiger charge is 2.27. The van der Waals surface area contributed by atoms with Crippen LogP contribution in [0.3, 0.4) is 0 Å². The molecule has 0 atom stereocenters. The summed E-state index contributed by atoms with van der Waals surface area (Å²) in [6.45, 7) is 9.60. The van der Waals surface area contributed by atoms with Crippen LogP contribution in [0.5, 0.6) is 0 Å². The molecule has 1 amide bonds. The molecule has 0 aliphatic carbocycles. The Morgan fingerprint density at radius 3 is 2.67 bits per heavy atom. The summed E-state index contributed by atoms with van der Waals surface area (Å²) in [5.74, 6) is 1.20. The molecule has 2 saturated heterocycles. The largest absolute Gasteiger partial charge is 0.378 e. The number of carbonyl (C=O) groups is 1. The first-order chi connectivity index (χ1) is 14.6. The number of hydrogen-bond acceptors (Lipinski definition) is 6. The lowest BCUT2D eigenvalue weighted by Gasteiger charge is -2.36. The van der Waals surface area contributed by atoms with E-state index in [0.717, 1.165) is 63.7 Å². The van der Waals surface area contributed by atoms with Gasteiger partial charge in [-0.1, -0.05) is 23.8 Å². The van der Waals surface area contributed by atoms with Crippen LogP contribution >= 0.6 is 0 Å². The number of nitrogens with one attached hydrogen (secondary N) is 1. The summed E-state index contributed by atoms with van der Waals surface area (Å²) in [4.78, 5) is 26.1. The van der Waals surface area contributed by atoms with Crippen LogP contribution < -0.4 is 15.1 Å². The molecule has 30 heavy (non-hydrogen) atoms. The SMILES string of the molecule is Cc1ccc(C)c(CNC(=O)C2CCN(c3cncnc3N3CCOCC3)CC2)c1. The predicted molar refractivity (Wildman–Crippen MR) is 118 cm³/mol. The van der Waals surface area contributed by atoms with E-state index in [2.05, 4.69) is 57.1 Å². The van der Waals surface area contributed by atoms with Crippen LogP contribution in [0, 0.1) is 19.8 Å². The van der Waals surface area contributed by atoms with Crippen LogP contribution in [0.1, 0.15) is 29.5 Å². The van der Waals surface area contributed by atoms with E-state index >= 15 is 0 Å². The van der Waals surface area contributed by atoms with Gasteiger partial charge in [-0.2, -0.15) is 0 Å². The lowest BCUT2D eigenvalue weighted by atomic mass is 9.95. The zero-order valence-electron chi connectivity index (χ0n) is 17.9. The van der Waals surface area contributed by atoms with Gasteiger partial charge < -0.3 is 19.9 Å². The fourth-order valence-corrected chi connectivity index (χ4v) is 4.26. The summed E-state index contributed by atoms with van der Waals surface area (Å²) in [6.07, 6.45) is 5.20. The van der Waals surface area contributed by atoms with Crippen LogP contribution in [-0.4, -0.2) is 55.3 Å². The molecule has 1 aromatic heterocycles.